The molecular weight excluding hydrogens is 288 g/mol. The third kappa shape index (κ3) is 4.67. The molecule has 2 N–H and O–H groups in total. The fraction of sp³-hybridized carbons (Fsp3) is 1.00. The minimum absolute atomic E-state index is 0.0236. The van der Waals surface area contributed by atoms with Crippen LogP contribution in [0.3, 0.4) is 0 Å². The summed E-state index contributed by atoms with van der Waals surface area (Å²) in [5.41, 5.74) is 6.60. The van der Waals surface area contributed by atoms with Crippen molar-refractivity contribution in [2.24, 2.45) is 11.7 Å². The van der Waals surface area contributed by atoms with Crippen molar-refractivity contribution in [3.8, 4) is 0 Å². The quantitative estimate of drug-likeness (QED) is 0.791. The maximum absolute atomic E-state index is 6.58. The summed E-state index contributed by atoms with van der Waals surface area (Å²) in [6.07, 6.45) is 4.75. The van der Waals surface area contributed by atoms with E-state index in [2.05, 4.69) is 42.8 Å². The van der Waals surface area contributed by atoms with Gasteiger partial charge in [-0.05, 0) is 46.3 Å². The number of methoxy groups -OCH3 is 1. The Morgan fingerprint density at radius 3 is 2.39 bits per heavy atom. The van der Waals surface area contributed by atoms with Gasteiger partial charge in [-0.3, -0.25) is 4.90 Å². The molecule has 2 saturated heterocycles. The van der Waals surface area contributed by atoms with Crippen LogP contribution in [0, 0.1) is 5.92 Å². The van der Waals surface area contributed by atoms with Gasteiger partial charge in [-0.2, -0.15) is 0 Å². The van der Waals surface area contributed by atoms with E-state index >= 15 is 0 Å². The van der Waals surface area contributed by atoms with Gasteiger partial charge < -0.3 is 20.3 Å². The number of hydrogen-bond acceptors (Lipinski definition) is 5. The number of nitrogens with two attached hydrogens (primary N) is 1. The largest absolute Gasteiger partial charge is 0.377 e. The average molecular weight is 327 g/mol. The second-order valence-electron chi connectivity index (χ2n) is 8.09. The monoisotopic (exact) mass is 326 g/mol. The Morgan fingerprint density at radius 2 is 1.87 bits per heavy atom. The van der Waals surface area contributed by atoms with Crippen molar-refractivity contribution in [2.45, 2.75) is 50.3 Å². The van der Waals surface area contributed by atoms with Crippen LogP contribution in [0.2, 0.25) is 0 Å². The first-order chi connectivity index (χ1) is 10.9. The highest BCUT2D eigenvalue weighted by molar-refractivity contribution is 4.98. The Labute approximate surface area is 143 Å². The molecule has 23 heavy (non-hydrogen) atoms. The second kappa shape index (κ2) is 8.26. The third-order valence-corrected chi connectivity index (χ3v) is 5.82. The molecule has 3 unspecified atom stereocenters. The normalized spacial score (nSPS) is 33.3. The van der Waals surface area contributed by atoms with Gasteiger partial charge in [0.25, 0.3) is 0 Å². The lowest BCUT2D eigenvalue weighted by atomic mass is 9.82. The summed E-state index contributed by atoms with van der Waals surface area (Å²) >= 11 is 0. The lowest BCUT2D eigenvalue weighted by Crippen LogP contribution is -2.64. The molecule has 0 aliphatic carbocycles. The van der Waals surface area contributed by atoms with Crippen molar-refractivity contribution in [3.05, 3.63) is 0 Å². The summed E-state index contributed by atoms with van der Waals surface area (Å²) in [6, 6.07) is 0.814. The van der Waals surface area contributed by atoms with Crippen LogP contribution >= 0.6 is 0 Å². The molecule has 2 heterocycles. The smallest absolute Gasteiger partial charge is 0.0829 e. The summed E-state index contributed by atoms with van der Waals surface area (Å²) in [4.78, 5) is 7.34. The number of piperidine rings is 2. The topological polar surface area (TPSA) is 45.0 Å². The zero-order chi connectivity index (χ0) is 17.0. The maximum Gasteiger partial charge on any atom is 0.0829 e. The molecule has 2 aliphatic heterocycles. The van der Waals surface area contributed by atoms with Crippen LogP contribution in [-0.2, 0) is 4.74 Å². The molecule has 2 fully saturated rings. The fourth-order valence-electron chi connectivity index (χ4n) is 4.83. The van der Waals surface area contributed by atoms with Crippen molar-refractivity contribution < 1.29 is 4.74 Å². The molecule has 5 nitrogen and oxygen atoms in total. The lowest BCUT2D eigenvalue weighted by molar-refractivity contribution is -0.0865. The Hall–Kier alpha value is -0.200. The molecule has 5 heteroatoms. The van der Waals surface area contributed by atoms with Crippen molar-refractivity contribution >= 4 is 0 Å². The molecule has 0 spiro atoms. The van der Waals surface area contributed by atoms with Gasteiger partial charge in [0.15, 0.2) is 0 Å². The van der Waals surface area contributed by atoms with E-state index in [1.807, 2.05) is 7.11 Å². The first kappa shape index (κ1) is 19.1. The fourth-order valence-corrected chi connectivity index (χ4v) is 4.83. The predicted molar refractivity (Wildman–Crippen MR) is 96.8 cm³/mol. The molecule has 0 saturated carbocycles. The number of likely N-dealkylation sites (N-methyl/N-ethyl adjacent to an activating group) is 2. The van der Waals surface area contributed by atoms with Crippen LogP contribution in [0.4, 0.5) is 0 Å². The molecule has 0 radical (unpaired) electrons. The summed E-state index contributed by atoms with van der Waals surface area (Å²) in [5, 5.41) is 0. The van der Waals surface area contributed by atoms with Gasteiger partial charge in [0.05, 0.1) is 5.60 Å². The predicted octanol–water partition coefficient (Wildman–Crippen LogP) is 1.09. The number of likely N-dealkylation sites (tertiary alicyclic amines) is 2. The molecule has 0 aromatic heterocycles. The zero-order valence-corrected chi connectivity index (χ0v) is 15.9. The number of nitrogens with zero attached hydrogens (tertiary/aromatic N) is 3. The van der Waals surface area contributed by atoms with Crippen molar-refractivity contribution in [2.75, 3.05) is 61.0 Å². The van der Waals surface area contributed by atoms with Crippen LogP contribution < -0.4 is 5.73 Å². The van der Waals surface area contributed by atoms with Gasteiger partial charge in [-0.15, -0.1) is 0 Å². The number of ether oxygens (including phenoxy) is 1. The summed E-state index contributed by atoms with van der Waals surface area (Å²) in [6.45, 7) is 7.74. The molecular formula is C18H38N4O. The highest BCUT2D eigenvalue weighted by Crippen LogP contribution is 2.32. The maximum atomic E-state index is 6.58. The van der Waals surface area contributed by atoms with Crippen LogP contribution in [-0.4, -0.2) is 93.4 Å². The first-order valence-corrected chi connectivity index (χ1v) is 9.29. The van der Waals surface area contributed by atoms with E-state index in [-0.39, 0.29) is 11.6 Å². The SMILES string of the molecule is CCCC1CN(C)CC(N)C1N1CCC(CN(C)C)(OC)CC1. The minimum atomic E-state index is 0.0236. The summed E-state index contributed by atoms with van der Waals surface area (Å²) in [5.74, 6) is 0.706. The lowest BCUT2D eigenvalue weighted by Gasteiger charge is -2.51. The van der Waals surface area contributed by atoms with Gasteiger partial charge in [0.1, 0.15) is 0 Å². The van der Waals surface area contributed by atoms with Crippen LogP contribution in [0.1, 0.15) is 32.6 Å². The molecule has 0 bridgehead atoms. The summed E-state index contributed by atoms with van der Waals surface area (Å²) in [7, 11) is 8.36. The van der Waals surface area contributed by atoms with Gasteiger partial charge in [0, 0.05) is 51.9 Å². The minimum Gasteiger partial charge on any atom is -0.377 e. The van der Waals surface area contributed by atoms with Crippen LogP contribution in [0.25, 0.3) is 0 Å². The van der Waals surface area contributed by atoms with E-state index in [1.54, 1.807) is 0 Å². The standard InChI is InChI=1S/C18H38N4O/c1-6-7-15-12-21(4)13-16(19)17(15)22-10-8-18(23-5,9-11-22)14-20(2)3/h15-17H,6-14,19H2,1-5H3. The molecule has 2 rings (SSSR count). The Morgan fingerprint density at radius 1 is 1.22 bits per heavy atom. The zero-order valence-electron chi connectivity index (χ0n) is 15.9. The second-order valence-corrected chi connectivity index (χ2v) is 8.09. The van der Waals surface area contributed by atoms with Gasteiger partial charge in [0.2, 0.25) is 0 Å². The Kier molecular flexibility index (Phi) is 6.87. The van der Waals surface area contributed by atoms with Crippen molar-refractivity contribution in [1.82, 2.24) is 14.7 Å². The van der Waals surface area contributed by atoms with E-state index in [4.69, 9.17) is 10.5 Å². The van der Waals surface area contributed by atoms with Gasteiger partial charge in [-0.1, -0.05) is 13.3 Å². The Bertz CT molecular complexity index is 355. The molecule has 3 atom stereocenters. The molecule has 0 aromatic carbocycles. The van der Waals surface area contributed by atoms with Gasteiger partial charge >= 0.3 is 0 Å². The molecule has 2 aliphatic rings. The van der Waals surface area contributed by atoms with E-state index in [0.29, 0.717) is 12.0 Å². The van der Waals surface area contributed by atoms with Gasteiger partial charge in [-0.25, -0.2) is 0 Å². The molecule has 0 aromatic rings. The number of hydrogen-bond donors (Lipinski definition) is 1. The van der Waals surface area contributed by atoms with E-state index in [9.17, 15) is 0 Å². The van der Waals surface area contributed by atoms with Crippen LogP contribution in [0.5, 0.6) is 0 Å². The van der Waals surface area contributed by atoms with Crippen molar-refractivity contribution in [3.63, 3.8) is 0 Å². The van der Waals surface area contributed by atoms with E-state index in [1.165, 1.54) is 19.4 Å². The average Bonchev–Trinajstić information content (AvgIpc) is 2.48. The van der Waals surface area contributed by atoms with E-state index in [0.717, 1.165) is 39.0 Å². The highest BCUT2D eigenvalue weighted by Gasteiger charge is 2.42. The Balaban J connectivity index is 2.01. The van der Waals surface area contributed by atoms with E-state index < -0.39 is 0 Å². The van der Waals surface area contributed by atoms with Crippen LogP contribution in [0.15, 0.2) is 0 Å². The molecule has 0 amide bonds. The highest BCUT2D eigenvalue weighted by atomic mass is 16.5. The van der Waals surface area contributed by atoms with Crippen molar-refractivity contribution in [1.29, 1.82) is 0 Å². The third-order valence-electron chi connectivity index (χ3n) is 5.82. The molecule has 136 valence electrons. The number of rotatable bonds is 6. The summed E-state index contributed by atoms with van der Waals surface area (Å²) < 4.78 is 5.94. The first-order valence-electron chi connectivity index (χ1n) is 9.29.